The Labute approximate surface area is 176 Å². The van der Waals surface area contributed by atoms with Gasteiger partial charge in [-0.1, -0.05) is 24.3 Å². The highest BCUT2D eigenvalue weighted by Gasteiger charge is 2.05. The number of aromatic nitrogens is 1. The van der Waals surface area contributed by atoms with Crippen LogP contribution in [-0.4, -0.2) is 55.1 Å². The van der Waals surface area contributed by atoms with Crippen LogP contribution in [0.4, 0.5) is 0 Å². The van der Waals surface area contributed by atoms with Crippen molar-refractivity contribution in [3.05, 3.63) is 58.9 Å². The van der Waals surface area contributed by atoms with Crippen molar-refractivity contribution >= 4 is 34.1 Å². The Morgan fingerprint density at radius 2 is 1.93 bits per heavy atom. The molecule has 0 radical (unpaired) electrons. The molecule has 0 aliphatic carbocycles. The van der Waals surface area contributed by atoms with Gasteiger partial charge in [0.25, 0.3) is 0 Å². The molecule has 2 heterocycles. The van der Waals surface area contributed by atoms with Crippen LogP contribution in [0, 0.1) is 0 Å². The summed E-state index contributed by atoms with van der Waals surface area (Å²) in [5.74, 6) is 0.678. The molecule has 0 spiro atoms. The predicted octanol–water partition coefficient (Wildman–Crippen LogP) is 2.96. The van der Waals surface area contributed by atoms with Gasteiger partial charge in [0.05, 0.1) is 0 Å². The lowest BCUT2D eigenvalue weighted by molar-refractivity contribution is -0.127. The van der Waals surface area contributed by atoms with Crippen molar-refractivity contribution in [3.63, 3.8) is 0 Å². The van der Waals surface area contributed by atoms with Crippen LogP contribution in [0.5, 0.6) is 0 Å². The number of likely N-dealkylation sites (N-methyl/N-ethyl adjacent to an activating group) is 1. The van der Waals surface area contributed by atoms with E-state index in [2.05, 4.69) is 74.2 Å². The molecule has 154 valence electrons. The lowest BCUT2D eigenvalue weighted by atomic mass is 10.2. The van der Waals surface area contributed by atoms with Gasteiger partial charge in [0, 0.05) is 50.3 Å². The maximum Gasteiger partial charge on any atom is 0.243 e. The van der Waals surface area contributed by atoms with Crippen LogP contribution < -0.4 is 10.6 Å². The van der Waals surface area contributed by atoms with Crippen molar-refractivity contribution in [1.82, 2.24) is 20.1 Å². The average molecular weight is 412 g/mol. The minimum Gasteiger partial charge on any atom is -0.356 e. The van der Waals surface area contributed by atoms with E-state index in [-0.39, 0.29) is 12.5 Å². The van der Waals surface area contributed by atoms with E-state index >= 15 is 0 Å². The van der Waals surface area contributed by atoms with Crippen LogP contribution in [0.1, 0.15) is 11.3 Å². The molecule has 0 fully saturated rings. The van der Waals surface area contributed by atoms with E-state index in [1.54, 1.807) is 30.3 Å². The summed E-state index contributed by atoms with van der Waals surface area (Å²) in [4.78, 5) is 19.2. The molecule has 0 saturated heterocycles. The van der Waals surface area contributed by atoms with E-state index < -0.39 is 0 Å². The number of para-hydroxylation sites is 1. The number of nitrogens with zero attached hydrogens (tertiary/aromatic N) is 3. The first-order valence-corrected chi connectivity index (χ1v) is 10.8. The highest BCUT2D eigenvalue weighted by Crippen LogP contribution is 2.15. The van der Waals surface area contributed by atoms with Crippen LogP contribution in [0.3, 0.4) is 0 Å². The van der Waals surface area contributed by atoms with E-state index in [0.717, 1.165) is 32.5 Å². The Morgan fingerprint density at radius 1 is 1.10 bits per heavy atom. The first-order chi connectivity index (χ1) is 14.1. The van der Waals surface area contributed by atoms with Gasteiger partial charge < -0.3 is 20.1 Å². The van der Waals surface area contributed by atoms with Crippen molar-refractivity contribution in [3.8, 4) is 0 Å². The van der Waals surface area contributed by atoms with Gasteiger partial charge >= 0.3 is 0 Å². The van der Waals surface area contributed by atoms with E-state index in [1.807, 2.05) is 0 Å². The third-order valence-electron chi connectivity index (χ3n) is 4.66. The maximum atomic E-state index is 11.9. The van der Waals surface area contributed by atoms with E-state index in [4.69, 9.17) is 0 Å². The molecule has 7 heteroatoms. The second-order valence-corrected chi connectivity index (χ2v) is 8.09. The Balaban J connectivity index is 1.49. The molecular formula is C22H29N5OS. The van der Waals surface area contributed by atoms with Crippen LogP contribution in [0.25, 0.3) is 10.9 Å². The average Bonchev–Trinajstić information content (AvgIpc) is 3.38. The lowest BCUT2D eigenvalue weighted by Gasteiger charge is -2.14. The minimum absolute atomic E-state index is 0.0110. The maximum absolute atomic E-state index is 11.9. The van der Waals surface area contributed by atoms with Crippen molar-refractivity contribution in [2.24, 2.45) is 4.99 Å². The fourth-order valence-corrected chi connectivity index (χ4v) is 3.72. The molecule has 6 nitrogen and oxygen atoms in total. The third-order valence-corrected chi connectivity index (χ3v) is 5.60. The minimum atomic E-state index is -0.0110. The zero-order valence-corrected chi connectivity index (χ0v) is 17.9. The van der Waals surface area contributed by atoms with Gasteiger partial charge in [0.1, 0.15) is 6.54 Å². The van der Waals surface area contributed by atoms with Gasteiger partial charge in [-0.2, -0.15) is 0 Å². The van der Waals surface area contributed by atoms with Crippen molar-refractivity contribution in [1.29, 1.82) is 0 Å². The van der Waals surface area contributed by atoms with Crippen LogP contribution in [0.2, 0.25) is 0 Å². The number of fused-ring (bicyclic) bond motifs is 1. The smallest absolute Gasteiger partial charge is 0.243 e. The monoisotopic (exact) mass is 411 g/mol. The number of nitrogens with one attached hydrogen (secondary N) is 2. The predicted molar refractivity (Wildman–Crippen MR) is 122 cm³/mol. The fraction of sp³-hybridized carbons (Fsp3) is 0.364. The molecule has 29 heavy (non-hydrogen) atoms. The summed E-state index contributed by atoms with van der Waals surface area (Å²) in [7, 11) is 3.49. The third kappa shape index (κ3) is 6.35. The topological polar surface area (TPSA) is 61.7 Å². The normalized spacial score (nSPS) is 11.6. The van der Waals surface area contributed by atoms with Crippen molar-refractivity contribution in [2.45, 2.75) is 19.4 Å². The number of guanidine groups is 1. The molecule has 3 rings (SSSR count). The molecule has 2 aromatic heterocycles. The Hall–Kier alpha value is -2.80. The molecule has 0 aliphatic heterocycles. The summed E-state index contributed by atoms with van der Waals surface area (Å²) in [6, 6.07) is 14.8. The summed E-state index contributed by atoms with van der Waals surface area (Å²) in [6.07, 6.45) is 4.04. The molecule has 0 atom stereocenters. The highest BCUT2D eigenvalue weighted by molar-refractivity contribution is 7.09. The largest absolute Gasteiger partial charge is 0.356 e. The molecule has 0 unspecified atom stereocenters. The number of rotatable bonds is 9. The zero-order chi connectivity index (χ0) is 20.5. The summed E-state index contributed by atoms with van der Waals surface area (Å²) in [6.45, 7) is 2.64. The molecule has 0 saturated carbocycles. The number of aryl methyl sites for hydroxylation is 1. The first-order valence-electron chi connectivity index (χ1n) is 9.92. The van der Waals surface area contributed by atoms with E-state index in [1.165, 1.54) is 15.8 Å². The van der Waals surface area contributed by atoms with Gasteiger partial charge in [-0.15, -0.1) is 11.3 Å². The fourth-order valence-electron chi connectivity index (χ4n) is 3.01. The molecule has 1 amide bonds. The SMILES string of the molecule is CN(C)C(=O)CN=C(NCCCn1ccc2ccccc21)NCCc1cccs1. The number of hydrogen-bond acceptors (Lipinski definition) is 3. The zero-order valence-electron chi connectivity index (χ0n) is 17.1. The number of aliphatic imine (C=N–C) groups is 1. The molecule has 3 aromatic rings. The first kappa shape index (κ1) is 20.9. The van der Waals surface area contributed by atoms with Crippen LogP contribution in [0.15, 0.2) is 59.0 Å². The molecule has 1 aromatic carbocycles. The van der Waals surface area contributed by atoms with Crippen LogP contribution in [-0.2, 0) is 17.8 Å². The van der Waals surface area contributed by atoms with Crippen molar-refractivity contribution in [2.75, 3.05) is 33.7 Å². The summed E-state index contributed by atoms with van der Waals surface area (Å²) >= 11 is 1.75. The van der Waals surface area contributed by atoms with Gasteiger partial charge in [-0.25, -0.2) is 4.99 Å². The Bertz CT molecular complexity index is 930. The second-order valence-electron chi connectivity index (χ2n) is 7.06. The number of carbonyl (C=O) groups excluding carboxylic acids is 1. The summed E-state index contributed by atoms with van der Waals surface area (Å²) in [5, 5.41) is 10.1. The molecule has 0 bridgehead atoms. The number of hydrogen-bond donors (Lipinski definition) is 2. The van der Waals surface area contributed by atoms with Crippen LogP contribution >= 0.6 is 11.3 Å². The highest BCUT2D eigenvalue weighted by atomic mass is 32.1. The number of thiophene rings is 1. The lowest BCUT2D eigenvalue weighted by Crippen LogP contribution is -2.40. The Morgan fingerprint density at radius 3 is 2.72 bits per heavy atom. The molecule has 0 aliphatic rings. The van der Waals surface area contributed by atoms with E-state index in [9.17, 15) is 4.79 Å². The van der Waals surface area contributed by atoms with Crippen molar-refractivity contribution < 1.29 is 4.79 Å². The molecular weight excluding hydrogens is 382 g/mol. The second kappa shape index (κ2) is 10.7. The van der Waals surface area contributed by atoms with Gasteiger partial charge in [-0.05, 0) is 41.8 Å². The van der Waals surface area contributed by atoms with Gasteiger partial charge in [0.15, 0.2) is 5.96 Å². The summed E-state index contributed by atoms with van der Waals surface area (Å²) in [5.41, 5.74) is 1.26. The number of carbonyl (C=O) groups is 1. The molecule has 2 N–H and O–H groups in total. The van der Waals surface area contributed by atoms with Gasteiger partial charge in [-0.3, -0.25) is 4.79 Å². The number of amides is 1. The van der Waals surface area contributed by atoms with E-state index in [0.29, 0.717) is 5.96 Å². The summed E-state index contributed by atoms with van der Waals surface area (Å²) < 4.78 is 2.27. The quantitative estimate of drug-likeness (QED) is 0.323. The van der Waals surface area contributed by atoms with Gasteiger partial charge in [0.2, 0.25) is 5.91 Å². The standard InChI is InChI=1S/C22H29N5OS/c1-26(2)21(28)17-25-22(24-13-10-19-8-5-16-29-19)23-12-6-14-27-15-11-18-7-3-4-9-20(18)27/h3-5,7-9,11,15-16H,6,10,12-14,17H2,1-2H3,(H2,23,24,25). The Kier molecular flexibility index (Phi) is 7.69. The number of benzene rings is 1.